The normalized spacial score (nSPS) is 38.8. The molecule has 1 aliphatic carbocycles. The Labute approximate surface area is 100 Å². The van der Waals surface area contributed by atoms with E-state index in [2.05, 4.69) is 26.1 Å². The van der Waals surface area contributed by atoms with Crippen LogP contribution >= 0.6 is 0 Å². The molecule has 94 valence electrons. The highest BCUT2D eigenvalue weighted by Crippen LogP contribution is 2.43. The molecule has 16 heavy (non-hydrogen) atoms. The predicted octanol–water partition coefficient (Wildman–Crippen LogP) is 3.46. The molecule has 0 aromatic heterocycles. The summed E-state index contributed by atoms with van der Waals surface area (Å²) in [6.45, 7) is 8.15. The Balaban J connectivity index is 2.00. The van der Waals surface area contributed by atoms with Gasteiger partial charge < -0.3 is 4.74 Å². The first kappa shape index (κ1) is 12.4. The quantitative estimate of drug-likeness (QED) is 0.777. The third-order valence-electron chi connectivity index (χ3n) is 4.11. The Morgan fingerprint density at radius 2 is 2.12 bits per heavy atom. The van der Waals surface area contributed by atoms with E-state index < -0.39 is 0 Å². The van der Waals surface area contributed by atoms with Gasteiger partial charge in [0.15, 0.2) is 0 Å². The van der Waals surface area contributed by atoms with Crippen molar-refractivity contribution in [2.45, 2.75) is 77.5 Å². The second kappa shape index (κ2) is 4.66. The van der Waals surface area contributed by atoms with Crippen molar-refractivity contribution in [3.05, 3.63) is 0 Å². The molecule has 2 nitrogen and oxygen atoms in total. The highest BCUT2D eigenvalue weighted by atomic mass is 16.5. The number of hydrogen-bond donors (Lipinski definition) is 1. The standard InChI is InChI=1S/C14H27NO/c1-4-6-12-7-10-15-14(16-12)9-5-8-13(2,3)11-14/h12,15H,4-11H2,1-3H3. The molecular weight excluding hydrogens is 198 g/mol. The molecule has 0 radical (unpaired) electrons. The van der Waals surface area contributed by atoms with E-state index in [0.717, 1.165) is 6.54 Å². The lowest BCUT2D eigenvalue weighted by atomic mass is 9.72. The van der Waals surface area contributed by atoms with Crippen molar-refractivity contribution in [2.24, 2.45) is 5.41 Å². The maximum atomic E-state index is 6.38. The summed E-state index contributed by atoms with van der Waals surface area (Å²) in [5, 5.41) is 3.66. The summed E-state index contributed by atoms with van der Waals surface area (Å²) in [5.74, 6) is 0. The third kappa shape index (κ3) is 2.78. The van der Waals surface area contributed by atoms with Crippen molar-refractivity contribution in [3.8, 4) is 0 Å². The molecule has 2 fully saturated rings. The monoisotopic (exact) mass is 225 g/mol. The first-order chi connectivity index (χ1) is 7.55. The summed E-state index contributed by atoms with van der Waals surface area (Å²) < 4.78 is 6.38. The fraction of sp³-hybridized carbons (Fsp3) is 1.00. The van der Waals surface area contributed by atoms with Crippen LogP contribution < -0.4 is 5.32 Å². The van der Waals surface area contributed by atoms with E-state index >= 15 is 0 Å². The van der Waals surface area contributed by atoms with Gasteiger partial charge in [0.25, 0.3) is 0 Å². The van der Waals surface area contributed by atoms with E-state index in [-0.39, 0.29) is 5.72 Å². The van der Waals surface area contributed by atoms with Gasteiger partial charge in [-0.2, -0.15) is 0 Å². The van der Waals surface area contributed by atoms with Crippen LogP contribution in [0.15, 0.2) is 0 Å². The molecule has 1 saturated heterocycles. The van der Waals surface area contributed by atoms with Crippen LogP contribution in [-0.2, 0) is 4.74 Å². The molecule has 1 heterocycles. The van der Waals surface area contributed by atoms with Crippen molar-refractivity contribution >= 4 is 0 Å². The molecule has 0 bridgehead atoms. The minimum absolute atomic E-state index is 0.0137. The summed E-state index contributed by atoms with van der Waals surface area (Å²) in [6.07, 6.45) is 9.19. The van der Waals surface area contributed by atoms with Crippen LogP contribution in [0, 0.1) is 5.41 Å². The first-order valence-electron chi connectivity index (χ1n) is 6.98. The smallest absolute Gasteiger partial charge is 0.120 e. The summed E-state index contributed by atoms with van der Waals surface area (Å²) in [7, 11) is 0. The summed E-state index contributed by atoms with van der Waals surface area (Å²) >= 11 is 0. The summed E-state index contributed by atoms with van der Waals surface area (Å²) in [6, 6.07) is 0. The molecule has 1 N–H and O–H groups in total. The Morgan fingerprint density at radius 1 is 1.31 bits per heavy atom. The Morgan fingerprint density at radius 3 is 2.81 bits per heavy atom. The molecule has 1 aliphatic heterocycles. The fourth-order valence-electron chi connectivity index (χ4n) is 3.46. The number of ether oxygens (including phenoxy) is 1. The van der Waals surface area contributed by atoms with Crippen LogP contribution in [0.4, 0.5) is 0 Å². The van der Waals surface area contributed by atoms with Gasteiger partial charge in [-0.15, -0.1) is 0 Å². The van der Waals surface area contributed by atoms with E-state index in [4.69, 9.17) is 4.74 Å². The van der Waals surface area contributed by atoms with Gasteiger partial charge in [0.05, 0.1) is 6.10 Å². The molecule has 2 atom stereocenters. The van der Waals surface area contributed by atoms with Crippen molar-refractivity contribution in [3.63, 3.8) is 0 Å². The maximum Gasteiger partial charge on any atom is 0.120 e. The van der Waals surface area contributed by atoms with Crippen LogP contribution in [0.1, 0.15) is 65.7 Å². The van der Waals surface area contributed by atoms with Crippen molar-refractivity contribution in [2.75, 3.05) is 6.54 Å². The van der Waals surface area contributed by atoms with Gasteiger partial charge in [-0.05, 0) is 43.9 Å². The molecule has 2 heteroatoms. The van der Waals surface area contributed by atoms with Crippen molar-refractivity contribution in [1.82, 2.24) is 5.32 Å². The molecule has 2 aliphatic rings. The van der Waals surface area contributed by atoms with Gasteiger partial charge in [-0.3, -0.25) is 5.32 Å². The van der Waals surface area contributed by atoms with Gasteiger partial charge >= 0.3 is 0 Å². The average Bonchev–Trinajstić information content (AvgIpc) is 2.16. The zero-order chi connectivity index (χ0) is 11.6. The minimum Gasteiger partial charge on any atom is -0.357 e. The zero-order valence-corrected chi connectivity index (χ0v) is 11.1. The van der Waals surface area contributed by atoms with Crippen molar-refractivity contribution < 1.29 is 4.74 Å². The van der Waals surface area contributed by atoms with Gasteiger partial charge in [0.1, 0.15) is 5.72 Å². The lowest BCUT2D eigenvalue weighted by molar-refractivity contribution is -0.178. The molecule has 0 amide bonds. The molecule has 1 saturated carbocycles. The van der Waals surface area contributed by atoms with E-state index in [9.17, 15) is 0 Å². The highest BCUT2D eigenvalue weighted by molar-refractivity contribution is 4.93. The van der Waals surface area contributed by atoms with Gasteiger partial charge in [0.2, 0.25) is 0 Å². The van der Waals surface area contributed by atoms with Crippen LogP contribution in [0.25, 0.3) is 0 Å². The second-order valence-corrected chi connectivity index (χ2v) is 6.43. The van der Waals surface area contributed by atoms with Crippen molar-refractivity contribution in [1.29, 1.82) is 0 Å². The van der Waals surface area contributed by atoms with E-state index in [1.165, 1.54) is 44.9 Å². The molecule has 0 aromatic carbocycles. The molecule has 2 unspecified atom stereocenters. The Kier molecular flexibility index (Phi) is 3.60. The third-order valence-corrected chi connectivity index (χ3v) is 4.11. The Bertz CT molecular complexity index is 233. The molecule has 1 spiro atoms. The number of nitrogens with one attached hydrogen (secondary N) is 1. The Hall–Kier alpha value is -0.0800. The van der Waals surface area contributed by atoms with E-state index in [0.29, 0.717) is 11.5 Å². The van der Waals surface area contributed by atoms with Crippen LogP contribution in [0.5, 0.6) is 0 Å². The molecule has 2 rings (SSSR count). The van der Waals surface area contributed by atoms with Gasteiger partial charge in [-0.1, -0.05) is 27.2 Å². The SMILES string of the molecule is CCCC1CCNC2(CCCC(C)(C)C2)O1. The fourth-order valence-corrected chi connectivity index (χ4v) is 3.46. The maximum absolute atomic E-state index is 6.38. The topological polar surface area (TPSA) is 21.3 Å². The van der Waals surface area contributed by atoms with Crippen LogP contribution in [0.2, 0.25) is 0 Å². The van der Waals surface area contributed by atoms with Crippen LogP contribution in [0.3, 0.4) is 0 Å². The lowest BCUT2D eigenvalue weighted by Crippen LogP contribution is -2.58. The molecular formula is C14H27NO. The largest absolute Gasteiger partial charge is 0.357 e. The average molecular weight is 225 g/mol. The van der Waals surface area contributed by atoms with Crippen LogP contribution in [-0.4, -0.2) is 18.4 Å². The summed E-state index contributed by atoms with van der Waals surface area (Å²) in [5.41, 5.74) is 0.458. The minimum atomic E-state index is 0.0137. The van der Waals surface area contributed by atoms with E-state index in [1.807, 2.05) is 0 Å². The second-order valence-electron chi connectivity index (χ2n) is 6.43. The van der Waals surface area contributed by atoms with Gasteiger partial charge in [-0.25, -0.2) is 0 Å². The number of rotatable bonds is 2. The van der Waals surface area contributed by atoms with E-state index in [1.54, 1.807) is 0 Å². The van der Waals surface area contributed by atoms with Gasteiger partial charge in [0, 0.05) is 6.54 Å². The first-order valence-corrected chi connectivity index (χ1v) is 6.98. The number of hydrogen-bond acceptors (Lipinski definition) is 2. The lowest BCUT2D eigenvalue weighted by Gasteiger charge is -2.49. The molecule has 0 aromatic rings. The predicted molar refractivity (Wildman–Crippen MR) is 67.4 cm³/mol. The highest BCUT2D eigenvalue weighted by Gasteiger charge is 2.43. The summed E-state index contributed by atoms with van der Waals surface area (Å²) in [4.78, 5) is 0. The zero-order valence-electron chi connectivity index (χ0n) is 11.1.